The van der Waals surface area contributed by atoms with E-state index in [1.54, 1.807) is 11.0 Å². The first-order valence-corrected chi connectivity index (χ1v) is 11.8. The molecular formula is C19H30N4O3S. The molecule has 0 aliphatic carbocycles. The molecule has 1 amide bonds. The number of amides is 1. The van der Waals surface area contributed by atoms with Crippen LogP contribution in [0, 0.1) is 6.92 Å². The Balaban J connectivity index is 1.87. The van der Waals surface area contributed by atoms with Crippen molar-refractivity contribution < 1.29 is 13.2 Å². The number of anilines is 1. The van der Waals surface area contributed by atoms with Crippen LogP contribution in [0.1, 0.15) is 62.1 Å². The molecule has 27 heavy (non-hydrogen) atoms. The molecule has 2 atom stereocenters. The Bertz CT molecular complexity index is 796. The molecule has 2 aliphatic heterocycles. The average molecular weight is 395 g/mol. The van der Waals surface area contributed by atoms with Crippen molar-refractivity contribution in [1.82, 2.24) is 14.9 Å². The van der Waals surface area contributed by atoms with Crippen molar-refractivity contribution in [3.8, 4) is 0 Å². The lowest BCUT2D eigenvalue weighted by atomic mass is 10.0. The predicted octanol–water partition coefficient (Wildman–Crippen LogP) is 2.20. The zero-order valence-electron chi connectivity index (χ0n) is 16.5. The van der Waals surface area contributed by atoms with E-state index in [1.807, 2.05) is 13.8 Å². The van der Waals surface area contributed by atoms with Crippen LogP contribution < -0.4 is 4.90 Å². The topological polar surface area (TPSA) is 83.5 Å². The minimum Gasteiger partial charge on any atom is -0.338 e. The average Bonchev–Trinajstić information content (AvgIpc) is 3.01. The molecule has 150 valence electrons. The first kappa shape index (κ1) is 20.0. The van der Waals surface area contributed by atoms with Crippen molar-refractivity contribution in [2.24, 2.45) is 0 Å². The molecule has 1 aromatic heterocycles. The number of sulfone groups is 1. The molecule has 2 fully saturated rings. The highest BCUT2D eigenvalue weighted by molar-refractivity contribution is 7.91. The minimum absolute atomic E-state index is 0.0491. The van der Waals surface area contributed by atoms with Gasteiger partial charge >= 0.3 is 0 Å². The summed E-state index contributed by atoms with van der Waals surface area (Å²) in [7, 11) is -3.05. The number of hydrogen-bond acceptors (Lipinski definition) is 6. The highest BCUT2D eigenvalue weighted by Crippen LogP contribution is 2.25. The summed E-state index contributed by atoms with van der Waals surface area (Å²) in [6, 6.07) is 1.86. The molecule has 0 N–H and O–H groups in total. The van der Waals surface area contributed by atoms with Gasteiger partial charge < -0.3 is 9.80 Å². The number of hydrogen-bond donors (Lipinski definition) is 0. The van der Waals surface area contributed by atoms with Crippen molar-refractivity contribution >= 4 is 21.7 Å². The third-order valence-electron chi connectivity index (χ3n) is 5.67. The summed E-state index contributed by atoms with van der Waals surface area (Å²) in [5.74, 6) is 0.631. The maximum absolute atomic E-state index is 13.1. The van der Waals surface area contributed by atoms with Gasteiger partial charge in [-0.15, -0.1) is 0 Å². The second-order valence-electron chi connectivity index (χ2n) is 7.59. The highest BCUT2D eigenvalue weighted by atomic mass is 32.2. The van der Waals surface area contributed by atoms with Crippen LogP contribution in [-0.4, -0.2) is 65.9 Å². The van der Waals surface area contributed by atoms with E-state index in [1.165, 1.54) is 6.42 Å². The van der Waals surface area contributed by atoms with Gasteiger partial charge in [0.2, 0.25) is 5.95 Å². The van der Waals surface area contributed by atoms with Crippen molar-refractivity contribution in [3.63, 3.8) is 0 Å². The number of piperidine rings is 1. The summed E-state index contributed by atoms with van der Waals surface area (Å²) in [4.78, 5) is 26.2. The molecule has 3 rings (SSSR count). The molecule has 8 heteroatoms. The van der Waals surface area contributed by atoms with Gasteiger partial charge in [-0.1, -0.05) is 6.92 Å². The summed E-state index contributed by atoms with van der Waals surface area (Å²) < 4.78 is 23.7. The monoisotopic (exact) mass is 394 g/mol. The summed E-state index contributed by atoms with van der Waals surface area (Å²) in [6.45, 7) is 7.32. The van der Waals surface area contributed by atoms with Crippen molar-refractivity contribution in [2.75, 3.05) is 29.5 Å². The fourth-order valence-corrected chi connectivity index (χ4v) is 5.95. The van der Waals surface area contributed by atoms with Crippen molar-refractivity contribution in [1.29, 1.82) is 0 Å². The Kier molecular flexibility index (Phi) is 6.03. The van der Waals surface area contributed by atoms with E-state index < -0.39 is 9.84 Å². The highest BCUT2D eigenvalue weighted by Gasteiger charge is 2.35. The number of aromatic nitrogens is 2. The Morgan fingerprint density at radius 1 is 1.26 bits per heavy atom. The fraction of sp³-hybridized carbons (Fsp3) is 0.737. The SMILES string of the molecule is CCC1CCCCN1c1nc(C)cc(C(=O)N(CC)C2CCS(=O)(=O)C2)n1. The second-order valence-corrected chi connectivity index (χ2v) is 9.82. The lowest BCUT2D eigenvalue weighted by Crippen LogP contribution is -2.42. The van der Waals surface area contributed by atoms with E-state index in [4.69, 9.17) is 0 Å². The molecule has 1 aromatic rings. The Labute approximate surface area is 162 Å². The van der Waals surface area contributed by atoms with Crippen LogP contribution in [0.15, 0.2) is 6.07 Å². The maximum atomic E-state index is 13.1. The molecule has 2 unspecified atom stereocenters. The summed E-state index contributed by atoms with van der Waals surface area (Å²) >= 11 is 0. The van der Waals surface area contributed by atoms with Gasteiger partial charge in [0.15, 0.2) is 9.84 Å². The van der Waals surface area contributed by atoms with E-state index in [0.717, 1.165) is 31.5 Å². The van der Waals surface area contributed by atoms with Crippen LogP contribution in [0.5, 0.6) is 0 Å². The first-order valence-electron chi connectivity index (χ1n) is 9.98. The fourth-order valence-electron chi connectivity index (χ4n) is 4.22. The van der Waals surface area contributed by atoms with Gasteiger partial charge in [-0.3, -0.25) is 4.79 Å². The number of nitrogens with zero attached hydrogens (tertiary/aromatic N) is 4. The van der Waals surface area contributed by atoms with Crippen LogP contribution in [0.3, 0.4) is 0 Å². The standard InChI is InChI=1S/C19H30N4O3S/c1-4-15-8-6-7-10-23(15)19-20-14(3)12-17(21-19)18(24)22(5-2)16-9-11-27(25,26)13-16/h12,15-16H,4-11,13H2,1-3H3. The largest absolute Gasteiger partial charge is 0.338 e. The quantitative estimate of drug-likeness (QED) is 0.761. The maximum Gasteiger partial charge on any atom is 0.272 e. The zero-order chi connectivity index (χ0) is 19.6. The van der Waals surface area contributed by atoms with Gasteiger partial charge in [-0.05, 0) is 52.0 Å². The molecule has 0 bridgehead atoms. The minimum atomic E-state index is -3.05. The number of aryl methyl sites for hydroxylation is 1. The summed E-state index contributed by atoms with van der Waals surface area (Å²) in [6.07, 6.45) is 4.98. The first-order chi connectivity index (χ1) is 12.8. The molecule has 3 heterocycles. The van der Waals surface area contributed by atoms with Gasteiger partial charge in [0.1, 0.15) is 5.69 Å². The van der Waals surface area contributed by atoms with E-state index in [9.17, 15) is 13.2 Å². The predicted molar refractivity (Wildman–Crippen MR) is 106 cm³/mol. The number of carbonyl (C=O) groups excluding carboxylic acids is 1. The number of rotatable bonds is 5. The van der Waals surface area contributed by atoms with Gasteiger partial charge in [0, 0.05) is 30.9 Å². The van der Waals surface area contributed by atoms with Crippen LogP contribution in [0.2, 0.25) is 0 Å². The summed E-state index contributed by atoms with van der Waals surface area (Å²) in [5, 5.41) is 0. The lowest BCUT2D eigenvalue weighted by Gasteiger charge is -2.35. The van der Waals surface area contributed by atoms with E-state index >= 15 is 0 Å². The smallest absolute Gasteiger partial charge is 0.272 e. The molecule has 0 saturated carbocycles. The van der Waals surface area contributed by atoms with Crippen molar-refractivity contribution in [2.45, 2.75) is 65.0 Å². The van der Waals surface area contributed by atoms with Crippen molar-refractivity contribution in [3.05, 3.63) is 17.5 Å². The molecule has 0 aromatic carbocycles. The molecule has 0 spiro atoms. The van der Waals surface area contributed by atoms with E-state index in [2.05, 4.69) is 21.8 Å². The third kappa shape index (κ3) is 4.42. The molecule has 0 radical (unpaired) electrons. The third-order valence-corrected chi connectivity index (χ3v) is 7.42. The molecule has 7 nitrogen and oxygen atoms in total. The Morgan fingerprint density at radius 3 is 2.67 bits per heavy atom. The van der Waals surface area contributed by atoms with Gasteiger partial charge in [0.25, 0.3) is 5.91 Å². The second kappa shape index (κ2) is 8.12. The van der Waals surface area contributed by atoms with E-state index in [0.29, 0.717) is 30.6 Å². The van der Waals surface area contributed by atoms with Gasteiger partial charge in [-0.2, -0.15) is 0 Å². The lowest BCUT2D eigenvalue weighted by molar-refractivity contribution is 0.0702. The Hall–Kier alpha value is -1.70. The molecule has 2 saturated heterocycles. The van der Waals surface area contributed by atoms with Gasteiger partial charge in [-0.25, -0.2) is 18.4 Å². The van der Waals surface area contributed by atoms with Crippen LogP contribution in [-0.2, 0) is 9.84 Å². The van der Waals surface area contributed by atoms with Crippen LogP contribution in [0.25, 0.3) is 0 Å². The molecular weight excluding hydrogens is 364 g/mol. The van der Waals surface area contributed by atoms with Gasteiger partial charge in [0.05, 0.1) is 11.5 Å². The van der Waals surface area contributed by atoms with E-state index in [-0.39, 0.29) is 23.5 Å². The van der Waals surface area contributed by atoms with Crippen LogP contribution in [0.4, 0.5) is 5.95 Å². The normalized spacial score (nSPS) is 24.8. The van der Waals surface area contributed by atoms with Crippen LogP contribution >= 0.6 is 0 Å². The zero-order valence-corrected chi connectivity index (χ0v) is 17.3. The molecule has 2 aliphatic rings. The number of carbonyl (C=O) groups is 1. The Morgan fingerprint density at radius 2 is 2.04 bits per heavy atom. The summed E-state index contributed by atoms with van der Waals surface area (Å²) in [5.41, 5.74) is 1.13.